The maximum Gasteiger partial charge on any atom is 0.471 e. The second-order valence-corrected chi connectivity index (χ2v) is 15.5. The van der Waals surface area contributed by atoms with Gasteiger partial charge in [0.25, 0.3) is 11.4 Å². The van der Waals surface area contributed by atoms with E-state index in [2.05, 4.69) is 0 Å². The summed E-state index contributed by atoms with van der Waals surface area (Å²) < 4.78 is 131. The third kappa shape index (κ3) is 14.4. The van der Waals surface area contributed by atoms with Gasteiger partial charge in [0.15, 0.2) is 0 Å². The molecule has 0 spiro atoms. The molecule has 0 unspecified atom stereocenters. The lowest BCUT2D eigenvalue weighted by Crippen LogP contribution is -2.37. The summed E-state index contributed by atoms with van der Waals surface area (Å²) in [4.78, 5) is 42.1. The van der Waals surface area contributed by atoms with E-state index < -0.39 is 54.1 Å². The highest BCUT2D eigenvalue weighted by atomic mass is 32.2. The van der Waals surface area contributed by atoms with Crippen molar-refractivity contribution in [2.24, 2.45) is 0 Å². The quantitative estimate of drug-likeness (QED) is 0.0684. The van der Waals surface area contributed by atoms with E-state index in [9.17, 15) is 73.0 Å². The number of carbonyl (C=O) groups excluding carboxylic acids is 2. The fourth-order valence-electron chi connectivity index (χ4n) is 4.84. The number of benzene rings is 2. The van der Waals surface area contributed by atoms with E-state index in [1.807, 2.05) is 0 Å². The van der Waals surface area contributed by atoms with E-state index in [4.69, 9.17) is 0 Å². The summed E-state index contributed by atoms with van der Waals surface area (Å²) in [5.41, 5.74) is -0.747. The summed E-state index contributed by atoms with van der Waals surface area (Å²) in [6.07, 6.45) is -9.17. The SMILES string of the molecule is O=C(NCCCCCN(CCCCN(CCCCCNC(=O)C(F)(F)F)S(=O)(=O)c1ccc([N+](=O)[O-])cc1)S(=O)(=O)c1ccc([N+](=O)[O-])cc1)C(F)(F)F. The van der Waals surface area contributed by atoms with Crippen molar-refractivity contribution in [3.8, 4) is 0 Å². The third-order valence-electron chi connectivity index (χ3n) is 7.69. The number of rotatable bonds is 23. The Hall–Kier alpha value is -4.42. The Kier molecular flexibility index (Phi) is 17.2. The first-order valence-corrected chi connectivity index (χ1v) is 19.2. The molecule has 0 atom stereocenters. The van der Waals surface area contributed by atoms with Crippen molar-refractivity contribution in [2.75, 3.05) is 39.3 Å². The number of nitrogens with zero attached hydrogens (tertiary/aromatic N) is 4. The van der Waals surface area contributed by atoms with Crippen LogP contribution in [0.1, 0.15) is 51.4 Å². The van der Waals surface area contributed by atoms with Crippen LogP contribution >= 0.6 is 0 Å². The molecule has 16 nitrogen and oxygen atoms in total. The van der Waals surface area contributed by atoms with Crippen LogP contribution in [0.3, 0.4) is 0 Å². The summed E-state index contributed by atoms with van der Waals surface area (Å²) in [7, 11) is -8.57. The molecular weight excluding hydrogens is 782 g/mol. The molecule has 2 rings (SSSR count). The van der Waals surface area contributed by atoms with Gasteiger partial charge in [0.05, 0.1) is 19.6 Å². The Morgan fingerprint density at radius 3 is 1.07 bits per heavy atom. The monoisotopic (exact) mass is 820 g/mol. The molecule has 0 saturated carbocycles. The van der Waals surface area contributed by atoms with E-state index in [0.29, 0.717) is 0 Å². The summed E-state index contributed by atoms with van der Waals surface area (Å²) in [5, 5.41) is 25.5. The van der Waals surface area contributed by atoms with Gasteiger partial charge in [-0.1, -0.05) is 12.8 Å². The number of sulfonamides is 2. The minimum absolute atomic E-state index is 0.0591. The maximum atomic E-state index is 13.5. The van der Waals surface area contributed by atoms with Crippen LogP contribution in [0.5, 0.6) is 0 Å². The molecule has 54 heavy (non-hydrogen) atoms. The molecule has 2 amide bonds. The lowest BCUT2D eigenvalue weighted by molar-refractivity contribution is -0.385. The van der Waals surface area contributed by atoms with Crippen LogP contribution in [0.4, 0.5) is 37.7 Å². The average molecular weight is 821 g/mol. The van der Waals surface area contributed by atoms with Crippen molar-refractivity contribution >= 4 is 43.2 Å². The maximum absolute atomic E-state index is 13.5. The molecule has 24 heteroatoms. The zero-order chi connectivity index (χ0) is 40.7. The van der Waals surface area contributed by atoms with Gasteiger partial charge in [-0.2, -0.15) is 35.0 Å². The van der Waals surface area contributed by atoms with Gasteiger partial charge in [0.2, 0.25) is 20.0 Å². The number of non-ortho nitro benzene ring substituents is 2. The molecular formula is C30H38F6N6O10S2. The Labute approximate surface area is 306 Å². The van der Waals surface area contributed by atoms with Gasteiger partial charge in [0.1, 0.15) is 0 Å². The highest BCUT2D eigenvalue weighted by Crippen LogP contribution is 2.23. The molecule has 0 heterocycles. The highest BCUT2D eigenvalue weighted by Gasteiger charge is 2.39. The van der Waals surface area contributed by atoms with Gasteiger partial charge in [-0.15, -0.1) is 0 Å². The van der Waals surface area contributed by atoms with Crippen LogP contribution in [0.2, 0.25) is 0 Å². The standard InChI is InChI=1S/C30H38F6N6O10S2/c31-29(32,33)27(43)37-17-3-1-5-19-39(53(49,50)25-13-9-23(10-14-25)41(45)46)21-7-8-22-40(20-6-2-4-18-38-28(44)30(34,35)36)54(51,52)26-15-11-24(12-16-26)42(47)48/h9-16H,1-8,17-22H2,(H,37,43)(H,38,44). The van der Waals surface area contributed by atoms with Crippen molar-refractivity contribution in [3.05, 3.63) is 68.8 Å². The van der Waals surface area contributed by atoms with Crippen LogP contribution < -0.4 is 10.6 Å². The van der Waals surface area contributed by atoms with E-state index >= 15 is 0 Å². The zero-order valence-corrected chi connectivity index (χ0v) is 30.1. The van der Waals surface area contributed by atoms with Crippen molar-refractivity contribution in [3.63, 3.8) is 0 Å². The number of nitro benzene ring substituents is 2. The van der Waals surface area contributed by atoms with Gasteiger partial charge in [-0.05, 0) is 62.8 Å². The molecule has 302 valence electrons. The van der Waals surface area contributed by atoms with Crippen LogP contribution in [0, 0.1) is 20.2 Å². The first-order valence-electron chi connectivity index (χ1n) is 16.3. The number of nitro groups is 2. The second-order valence-electron chi connectivity index (χ2n) is 11.6. The smallest absolute Gasteiger partial charge is 0.348 e. The summed E-state index contributed by atoms with van der Waals surface area (Å²) >= 11 is 0. The molecule has 0 bridgehead atoms. The van der Waals surface area contributed by atoms with Crippen molar-refractivity contribution in [2.45, 2.75) is 73.5 Å². The Balaban J connectivity index is 2.15. The van der Waals surface area contributed by atoms with Crippen LogP contribution in [0.15, 0.2) is 58.3 Å². The number of hydrogen-bond donors (Lipinski definition) is 2. The average Bonchev–Trinajstić information content (AvgIpc) is 3.09. The molecule has 0 fully saturated rings. The van der Waals surface area contributed by atoms with E-state index in [-0.39, 0.29) is 112 Å². The van der Waals surface area contributed by atoms with Gasteiger partial charge in [-0.3, -0.25) is 29.8 Å². The molecule has 2 aromatic carbocycles. The van der Waals surface area contributed by atoms with Gasteiger partial charge >= 0.3 is 24.2 Å². The number of unbranched alkanes of at least 4 members (excludes halogenated alkanes) is 5. The van der Waals surface area contributed by atoms with Crippen LogP contribution in [0.25, 0.3) is 0 Å². The summed E-state index contributed by atoms with van der Waals surface area (Å²) in [5.74, 6) is -4.24. The van der Waals surface area contributed by atoms with E-state index in [1.54, 1.807) is 10.6 Å². The highest BCUT2D eigenvalue weighted by molar-refractivity contribution is 7.89. The van der Waals surface area contributed by atoms with Gasteiger partial charge < -0.3 is 10.6 Å². The number of carbonyl (C=O) groups is 2. The van der Waals surface area contributed by atoms with E-state index in [1.165, 1.54) is 0 Å². The number of alkyl halides is 6. The first-order chi connectivity index (χ1) is 25.1. The number of halogens is 6. The molecule has 0 aromatic heterocycles. The summed E-state index contributed by atoms with van der Waals surface area (Å²) in [6, 6.07) is 8.05. The predicted molar refractivity (Wildman–Crippen MR) is 179 cm³/mol. The fraction of sp³-hybridized carbons (Fsp3) is 0.533. The largest absolute Gasteiger partial charge is 0.471 e. The number of nitrogens with one attached hydrogen (secondary N) is 2. The predicted octanol–water partition coefficient (Wildman–Crippen LogP) is 4.66. The van der Waals surface area contributed by atoms with Crippen LogP contribution in [-0.2, 0) is 29.6 Å². The molecule has 0 saturated heterocycles. The Bertz CT molecular complexity index is 1660. The summed E-state index contributed by atoms with van der Waals surface area (Å²) in [6.45, 7) is -1.32. The number of hydrogen-bond acceptors (Lipinski definition) is 10. The lowest BCUT2D eigenvalue weighted by Gasteiger charge is -2.24. The minimum atomic E-state index is -5.06. The van der Waals surface area contributed by atoms with Crippen LogP contribution in [-0.4, -0.2) is 98.7 Å². The lowest BCUT2D eigenvalue weighted by atomic mass is 10.2. The van der Waals surface area contributed by atoms with Crippen molar-refractivity contribution in [1.29, 1.82) is 0 Å². The molecule has 2 aromatic rings. The Morgan fingerprint density at radius 2 is 0.815 bits per heavy atom. The van der Waals surface area contributed by atoms with Crippen molar-refractivity contribution in [1.82, 2.24) is 19.2 Å². The number of amides is 2. The second kappa shape index (κ2) is 20.3. The topological polar surface area (TPSA) is 219 Å². The van der Waals surface area contributed by atoms with E-state index in [0.717, 1.165) is 57.1 Å². The molecule has 2 N–H and O–H groups in total. The first kappa shape index (κ1) is 45.7. The normalized spacial score (nSPS) is 12.5. The third-order valence-corrected chi connectivity index (χ3v) is 11.5. The molecule has 0 aliphatic heterocycles. The minimum Gasteiger partial charge on any atom is -0.348 e. The molecule has 0 radical (unpaired) electrons. The molecule has 0 aliphatic carbocycles. The fourth-order valence-corrected chi connectivity index (χ4v) is 7.88. The molecule has 0 aliphatic rings. The Morgan fingerprint density at radius 1 is 0.537 bits per heavy atom. The van der Waals surface area contributed by atoms with Gasteiger partial charge in [0, 0.05) is 63.5 Å². The van der Waals surface area contributed by atoms with Gasteiger partial charge in [-0.25, -0.2) is 16.8 Å². The van der Waals surface area contributed by atoms with Crippen molar-refractivity contribution < 1.29 is 62.6 Å². The zero-order valence-electron chi connectivity index (χ0n) is 28.5.